The third-order valence-corrected chi connectivity index (χ3v) is 2.86. The van der Waals surface area contributed by atoms with Crippen molar-refractivity contribution in [3.8, 4) is 0 Å². The first-order valence-corrected chi connectivity index (χ1v) is 5.92. The van der Waals surface area contributed by atoms with Gasteiger partial charge in [-0.15, -0.1) is 0 Å². The molecule has 0 bridgehead atoms. The molecular weight excluding hydrogens is 218 g/mol. The number of rotatable bonds is 6. The summed E-state index contributed by atoms with van der Waals surface area (Å²) in [6, 6.07) is -0.00754. The van der Waals surface area contributed by atoms with Gasteiger partial charge in [0.25, 0.3) is 0 Å². The summed E-state index contributed by atoms with van der Waals surface area (Å²) < 4.78 is 1.76. The predicted molar refractivity (Wildman–Crippen MR) is 65.4 cm³/mol. The van der Waals surface area contributed by atoms with Crippen molar-refractivity contribution in [2.24, 2.45) is 5.92 Å². The van der Waals surface area contributed by atoms with Gasteiger partial charge in [-0.05, 0) is 25.3 Å². The molecule has 1 amide bonds. The van der Waals surface area contributed by atoms with E-state index in [2.05, 4.69) is 10.4 Å². The van der Waals surface area contributed by atoms with Crippen molar-refractivity contribution in [2.45, 2.75) is 39.8 Å². The van der Waals surface area contributed by atoms with E-state index in [1.54, 1.807) is 10.9 Å². The molecule has 1 rings (SSSR count). The number of nitrogens with zero attached hydrogens (tertiary/aromatic N) is 2. The molecule has 0 radical (unpaired) electrons. The fraction of sp³-hybridized carbons (Fsp3) is 0.667. The lowest BCUT2D eigenvalue weighted by Gasteiger charge is -2.19. The van der Waals surface area contributed by atoms with E-state index in [4.69, 9.17) is 5.11 Å². The highest BCUT2D eigenvalue weighted by Crippen LogP contribution is 2.01. The second-order valence-corrected chi connectivity index (χ2v) is 4.55. The average Bonchev–Trinajstić information content (AvgIpc) is 2.71. The summed E-state index contributed by atoms with van der Waals surface area (Å²) >= 11 is 0. The maximum absolute atomic E-state index is 11.6. The zero-order chi connectivity index (χ0) is 12.8. The highest BCUT2D eigenvalue weighted by Gasteiger charge is 2.13. The average molecular weight is 239 g/mol. The summed E-state index contributed by atoms with van der Waals surface area (Å²) in [4.78, 5) is 11.6. The molecular formula is C12H21N3O2. The first-order chi connectivity index (χ1) is 8.02. The van der Waals surface area contributed by atoms with E-state index < -0.39 is 0 Å². The zero-order valence-electron chi connectivity index (χ0n) is 10.7. The lowest BCUT2D eigenvalue weighted by atomic mass is 10.1. The van der Waals surface area contributed by atoms with Gasteiger partial charge < -0.3 is 10.4 Å². The fourth-order valence-electron chi connectivity index (χ4n) is 1.43. The highest BCUT2D eigenvalue weighted by molar-refractivity contribution is 5.76. The minimum atomic E-state index is -0.00838. The second-order valence-electron chi connectivity index (χ2n) is 4.55. The van der Waals surface area contributed by atoms with E-state index in [9.17, 15) is 4.79 Å². The van der Waals surface area contributed by atoms with Crippen LogP contribution in [0.25, 0.3) is 0 Å². The summed E-state index contributed by atoms with van der Waals surface area (Å²) in [5.74, 6) is 0.0665. The lowest BCUT2D eigenvalue weighted by molar-refractivity contribution is -0.122. The molecule has 0 fully saturated rings. The molecule has 0 aliphatic heterocycles. The Kier molecular flexibility index (Phi) is 5.15. The van der Waals surface area contributed by atoms with Crippen LogP contribution in [0, 0.1) is 12.8 Å². The van der Waals surface area contributed by atoms with Crippen LogP contribution in [0.5, 0.6) is 0 Å². The van der Waals surface area contributed by atoms with Crippen molar-refractivity contribution in [3.63, 3.8) is 0 Å². The largest absolute Gasteiger partial charge is 0.396 e. The number of hydrogen-bond donors (Lipinski definition) is 2. The zero-order valence-corrected chi connectivity index (χ0v) is 10.7. The molecule has 0 aromatic carbocycles. The Balaban J connectivity index is 2.30. The van der Waals surface area contributed by atoms with Gasteiger partial charge in [-0.1, -0.05) is 6.92 Å². The van der Waals surface area contributed by atoms with Crippen LogP contribution in [0.3, 0.4) is 0 Å². The van der Waals surface area contributed by atoms with Crippen LogP contribution < -0.4 is 5.32 Å². The molecule has 2 N–H and O–H groups in total. The number of aromatic nitrogens is 2. The Labute approximate surface area is 102 Å². The molecule has 0 saturated heterocycles. The maximum Gasteiger partial charge on any atom is 0.222 e. The molecule has 2 unspecified atom stereocenters. The number of aliphatic hydroxyl groups excluding tert-OH is 1. The third kappa shape index (κ3) is 4.56. The van der Waals surface area contributed by atoms with Gasteiger partial charge in [-0.25, -0.2) is 0 Å². The SMILES string of the molecule is Cc1cnn(CCC(=O)NC(C)C(C)CO)c1. The topological polar surface area (TPSA) is 67.2 Å². The Morgan fingerprint density at radius 1 is 1.59 bits per heavy atom. The molecule has 5 heteroatoms. The second kappa shape index (κ2) is 6.39. The van der Waals surface area contributed by atoms with E-state index >= 15 is 0 Å². The van der Waals surface area contributed by atoms with Crippen LogP contribution >= 0.6 is 0 Å². The van der Waals surface area contributed by atoms with Gasteiger partial charge in [0.05, 0.1) is 6.20 Å². The summed E-state index contributed by atoms with van der Waals surface area (Å²) in [6.45, 7) is 6.44. The normalized spacial score (nSPS) is 14.4. The minimum absolute atomic E-state index is 0.00754. The lowest BCUT2D eigenvalue weighted by Crippen LogP contribution is -2.38. The monoisotopic (exact) mass is 239 g/mol. The smallest absolute Gasteiger partial charge is 0.222 e. The van der Waals surface area contributed by atoms with E-state index in [0.29, 0.717) is 13.0 Å². The number of nitrogens with one attached hydrogen (secondary N) is 1. The van der Waals surface area contributed by atoms with Crippen LogP contribution in [-0.2, 0) is 11.3 Å². The molecule has 0 aliphatic carbocycles. The quantitative estimate of drug-likeness (QED) is 0.768. The molecule has 1 aromatic rings. The van der Waals surface area contributed by atoms with Crippen LogP contribution in [0.2, 0.25) is 0 Å². The van der Waals surface area contributed by atoms with E-state index in [-0.39, 0.29) is 24.5 Å². The van der Waals surface area contributed by atoms with Gasteiger partial charge in [-0.3, -0.25) is 9.48 Å². The van der Waals surface area contributed by atoms with E-state index in [0.717, 1.165) is 5.56 Å². The molecule has 96 valence electrons. The van der Waals surface area contributed by atoms with Crippen molar-refractivity contribution in [1.29, 1.82) is 0 Å². The summed E-state index contributed by atoms with van der Waals surface area (Å²) in [5, 5.41) is 15.9. The number of hydrogen-bond acceptors (Lipinski definition) is 3. The third-order valence-electron chi connectivity index (χ3n) is 2.86. The number of carbonyl (C=O) groups excluding carboxylic acids is 1. The Morgan fingerprint density at radius 2 is 2.29 bits per heavy atom. The van der Waals surface area contributed by atoms with Gasteiger partial charge in [0, 0.05) is 31.8 Å². The van der Waals surface area contributed by atoms with Crippen molar-refractivity contribution in [3.05, 3.63) is 18.0 Å². The molecule has 5 nitrogen and oxygen atoms in total. The van der Waals surface area contributed by atoms with Gasteiger partial charge in [0.1, 0.15) is 0 Å². The highest BCUT2D eigenvalue weighted by atomic mass is 16.3. The Hall–Kier alpha value is -1.36. The maximum atomic E-state index is 11.6. The number of aliphatic hydroxyl groups is 1. The van der Waals surface area contributed by atoms with Crippen molar-refractivity contribution < 1.29 is 9.90 Å². The standard InChI is InChI=1S/C12H21N3O2/c1-9-6-13-15(7-9)5-4-12(17)14-11(3)10(2)8-16/h6-7,10-11,16H,4-5,8H2,1-3H3,(H,14,17). The Morgan fingerprint density at radius 3 is 2.82 bits per heavy atom. The van der Waals surface area contributed by atoms with Crippen molar-refractivity contribution >= 4 is 5.91 Å². The summed E-state index contributed by atoms with van der Waals surface area (Å²) in [5.41, 5.74) is 1.09. The van der Waals surface area contributed by atoms with Gasteiger partial charge in [0.2, 0.25) is 5.91 Å². The van der Waals surface area contributed by atoms with Crippen molar-refractivity contribution in [1.82, 2.24) is 15.1 Å². The molecule has 2 atom stereocenters. The molecule has 0 spiro atoms. The van der Waals surface area contributed by atoms with E-state index in [1.807, 2.05) is 27.0 Å². The molecule has 1 aromatic heterocycles. The van der Waals surface area contributed by atoms with Crippen LogP contribution in [0.15, 0.2) is 12.4 Å². The molecule has 0 aliphatic rings. The predicted octanol–water partition coefficient (Wildman–Crippen LogP) is 0.715. The molecule has 17 heavy (non-hydrogen) atoms. The van der Waals surface area contributed by atoms with Gasteiger partial charge >= 0.3 is 0 Å². The summed E-state index contributed by atoms with van der Waals surface area (Å²) in [6.07, 6.45) is 4.09. The van der Waals surface area contributed by atoms with Crippen LogP contribution in [0.4, 0.5) is 0 Å². The minimum Gasteiger partial charge on any atom is -0.396 e. The summed E-state index contributed by atoms with van der Waals surface area (Å²) in [7, 11) is 0. The van der Waals surface area contributed by atoms with Gasteiger partial charge in [-0.2, -0.15) is 5.10 Å². The molecule has 1 heterocycles. The van der Waals surface area contributed by atoms with Gasteiger partial charge in [0.15, 0.2) is 0 Å². The first kappa shape index (κ1) is 13.7. The first-order valence-electron chi connectivity index (χ1n) is 5.92. The van der Waals surface area contributed by atoms with E-state index in [1.165, 1.54) is 0 Å². The number of amides is 1. The fourth-order valence-corrected chi connectivity index (χ4v) is 1.43. The van der Waals surface area contributed by atoms with Crippen molar-refractivity contribution in [2.75, 3.05) is 6.61 Å². The van der Waals surface area contributed by atoms with Crippen LogP contribution in [0.1, 0.15) is 25.8 Å². The Bertz CT molecular complexity index is 362. The number of aryl methyl sites for hydroxylation is 2. The number of carbonyl (C=O) groups is 1. The van der Waals surface area contributed by atoms with Crippen LogP contribution in [-0.4, -0.2) is 33.4 Å². The molecule has 0 saturated carbocycles.